The molecular formula is C9H10KNO3. The van der Waals surface area contributed by atoms with E-state index in [0.717, 1.165) is 0 Å². The van der Waals surface area contributed by atoms with Crippen LogP contribution in [0.25, 0.3) is 0 Å². The first-order chi connectivity index (χ1) is 6.04. The quantitative estimate of drug-likeness (QED) is 0.403. The topological polar surface area (TPSA) is 86.4 Å². The van der Waals surface area contributed by atoms with E-state index in [1.165, 1.54) is 19.1 Å². The number of nitrogen functional groups attached to an aromatic ring is 1. The zero-order valence-corrected chi connectivity index (χ0v) is 11.3. The summed E-state index contributed by atoms with van der Waals surface area (Å²) in [6.45, 7) is 1.47. The number of aliphatic hydroxyl groups is 1. The Morgan fingerprint density at radius 1 is 1.57 bits per heavy atom. The van der Waals surface area contributed by atoms with Gasteiger partial charge in [-0.3, -0.25) is 0 Å². The summed E-state index contributed by atoms with van der Waals surface area (Å²) in [5, 5.41) is 19.9. The minimum absolute atomic E-state index is 0. The van der Waals surface area contributed by atoms with E-state index >= 15 is 0 Å². The molecule has 0 aromatic heterocycles. The molecule has 0 aliphatic heterocycles. The van der Waals surface area contributed by atoms with E-state index < -0.39 is 12.1 Å². The molecule has 0 aliphatic carbocycles. The number of aliphatic hydroxyl groups excluding tert-OH is 1. The first-order valence-electron chi connectivity index (χ1n) is 3.82. The standard InChI is InChI=1S/C9H11NO3.K/c1-5(11)6-3-2-4-7(10)8(6)9(12)13;/h2-5,11H,10H2,1H3,(H,12,13);/q;+1/p-1. The average molecular weight is 219 g/mol. The minimum atomic E-state index is -1.37. The minimum Gasteiger partial charge on any atom is -0.545 e. The van der Waals surface area contributed by atoms with E-state index in [0.29, 0.717) is 0 Å². The van der Waals surface area contributed by atoms with Gasteiger partial charge in [-0.2, -0.15) is 0 Å². The molecule has 0 radical (unpaired) electrons. The van der Waals surface area contributed by atoms with Crippen LogP contribution in [0.1, 0.15) is 28.9 Å². The van der Waals surface area contributed by atoms with Gasteiger partial charge in [-0.25, -0.2) is 0 Å². The summed E-state index contributed by atoms with van der Waals surface area (Å²) in [5.41, 5.74) is 5.69. The molecule has 0 spiro atoms. The molecule has 0 heterocycles. The van der Waals surface area contributed by atoms with E-state index in [2.05, 4.69) is 0 Å². The van der Waals surface area contributed by atoms with Crippen LogP contribution in [0, 0.1) is 0 Å². The van der Waals surface area contributed by atoms with Crippen molar-refractivity contribution in [2.45, 2.75) is 13.0 Å². The number of aromatic carboxylic acids is 1. The molecule has 1 aromatic carbocycles. The van der Waals surface area contributed by atoms with E-state index in [-0.39, 0.29) is 68.2 Å². The smallest absolute Gasteiger partial charge is 0.545 e. The first-order valence-corrected chi connectivity index (χ1v) is 3.82. The summed E-state index contributed by atoms with van der Waals surface area (Å²) < 4.78 is 0. The summed E-state index contributed by atoms with van der Waals surface area (Å²) >= 11 is 0. The van der Waals surface area contributed by atoms with Gasteiger partial charge in [-0.1, -0.05) is 12.1 Å². The number of rotatable bonds is 2. The summed E-state index contributed by atoms with van der Waals surface area (Å²) in [6.07, 6.45) is -0.864. The molecule has 0 amide bonds. The van der Waals surface area contributed by atoms with Gasteiger partial charge in [0.25, 0.3) is 0 Å². The Bertz CT molecular complexity index is 339. The molecule has 0 bridgehead atoms. The van der Waals surface area contributed by atoms with E-state index in [9.17, 15) is 15.0 Å². The molecule has 0 aliphatic rings. The molecule has 0 saturated heterocycles. The van der Waals surface area contributed by atoms with Crippen LogP contribution in [0.15, 0.2) is 18.2 Å². The number of carbonyl (C=O) groups excluding carboxylic acids is 1. The van der Waals surface area contributed by atoms with Crippen LogP contribution >= 0.6 is 0 Å². The SMILES string of the molecule is CC(O)c1cccc(N)c1C(=O)[O-].[K+]. The Hall–Kier alpha value is 0.0864. The third-order valence-electron chi connectivity index (χ3n) is 1.78. The predicted octanol–water partition coefficient (Wildman–Crippen LogP) is -3.31. The van der Waals surface area contributed by atoms with Gasteiger partial charge in [0.1, 0.15) is 0 Å². The van der Waals surface area contributed by atoms with Crippen LogP contribution in [0.4, 0.5) is 5.69 Å². The molecule has 0 fully saturated rings. The van der Waals surface area contributed by atoms with Crippen molar-refractivity contribution in [3.63, 3.8) is 0 Å². The molecule has 0 saturated carbocycles. The summed E-state index contributed by atoms with van der Waals surface area (Å²) in [6, 6.07) is 4.55. The fourth-order valence-electron chi connectivity index (χ4n) is 1.17. The van der Waals surface area contributed by atoms with Gasteiger partial charge in [0, 0.05) is 11.3 Å². The van der Waals surface area contributed by atoms with Gasteiger partial charge in [0.2, 0.25) is 0 Å². The molecule has 4 nitrogen and oxygen atoms in total. The van der Waals surface area contributed by atoms with Crippen LogP contribution in [0.5, 0.6) is 0 Å². The van der Waals surface area contributed by atoms with Crippen molar-refractivity contribution in [2.24, 2.45) is 0 Å². The molecular weight excluding hydrogens is 209 g/mol. The van der Waals surface area contributed by atoms with Gasteiger partial charge in [0.05, 0.1) is 12.1 Å². The number of carbonyl (C=O) groups is 1. The monoisotopic (exact) mass is 219 g/mol. The molecule has 3 N–H and O–H groups in total. The Morgan fingerprint density at radius 3 is 2.50 bits per heavy atom. The van der Waals surface area contributed by atoms with Crippen LogP contribution in [0.3, 0.4) is 0 Å². The van der Waals surface area contributed by atoms with Crippen molar-refractivity contribution in [3.8, 4) is 0 Å². The second-order valence-corrected chi connectivity index (χ2v) is 2.77. The van der Waals surface area contributed by atoms with Crippen molar-refractivity contribution in [3.05, 3.63) is 29.3 Å². The second-order valence-electron chi connectivity index (χ2n) is 2.77. The fraction of sp³-hybridized carbons (Fsp3) is 0.222. The maximum absolute atomic E-state index is 10.6. The van der Waals surface area contributed by atoms with Crippen LogP contribution in [-0.2, 0) is 0 Å². The van der Waals surface area contributed by atoms with Gasteiger partial charge in [0.15, 0.2) is 0 Å². The summed E-state index contributed by atoms with van der Waals surface area (Å²) in [4.78, 5) is 10.6. The molecule has 1 atom stereocenters. The fourth-order valence-corrected chi connectivity index (χ4v) is 1.17. The number of carboxylic acids is 1. The molecule has 70 valence electrons. The van der Waals surface area contributed by atoms with Crippen molar-refractivity contribution < 1.29 is 66.4 Å². The van der Waals surface area contributed by atoms with Crippen molar-refractivity contribution in [1.82, 2.24) is 0 Å². The third kappa shape index (κ3) is 3.05. The number of hydrogen-bond donors (Lipinski definition) is 2. The normalized spacial score (nSPS) is 11.6. The Labute approximate surface area is 125 Å². The van der Waals surface area contributed by atoms with Gasteiger partial charge >= 0.3 is 51.4 Å². The largest absolute Gasteiger partial charge is 1.00 e. The number of anilines is 1. The van der Waals surface area contributed by atoms with Crippen molar-refractivity contribution >= 4 is 11.7 Å². The first kappa shape index (κ1) is 14.1. The second kappa shape index (κ2) is 5.84. The molecule has 14 heavy (non-hydrogen) atoms. The Morgan fingerprint density at radius 2 is 2.14 bits per heavy atom. The van der Waals surface area contributed by atoms with Gasteiger partial charge in [-0.15, -0.1) is 0 Å². The van der Waals surface area contributed by atoms with Crippen LogP contribution in [-0.4, -0.2) is 11.1 Å². The van der Waals surface area contributed by atoms with E-state index in [1.807, 2.05) is 0 Å². The maximum Gasteiger partial charge on any atom is 1.00 e. The Kier molecular flexibility index (Phi) is 5.88. The summed E-state index contributed by atoms with van der Waals surface area (Å²) in [7, 11) is 0. The Balaban J connectivity index is 0.00000169. The zero-order valence-electron chi connectivity index (χ0n) is 8.15. The van der Waals surface area contributed by atoms with Crippen molar-refractivity contribution in [2.75, 3.05) is 5.73 Å². The number of hydrogen-bond acceptors (Lipinski definition) is 4. The van der Waals surface area contributed by atoms with E-state index in [4.69, 9.17) is 5.73 Å². The number of nitrogens with two attached hydrogens (primary N) is 1. The zero-order chi connectivity index (χ0) is 10.0. The van der Waals surface area contributed by atoms with Crippen LogP contribution in [0.2, 0.25) is 0 Å². The molecule has 1 unspecified atom stereocenters. The average Bonchev–Trinajstić information content (AvgIpc) is 2.02. The third-order valence-corrected chi connectivity index (χ3v) is 1.78. The van der Waals surface area contributed by atoms with Crippen LogP contribution < -0.4 is 62.2 Å². The predicted molar refractivity (Wildman–Crippen MR) is 45.8 cm³/mol. The molecule has 1 rings (SSSR count). The summed E-state index contributed by atoms with van der Waals surface area (Å²) in [5.74, 6) is -1.37. The molecule has 5 heteroatoms. The van der Waals surface area contributed by atoms with Gasteiger partial charge < -0.3 is 20.7 Å². The van der Waals surface area contributed by atoms with Crippen molar-refractivity contribution in [1.29, 1.82) is 0 Å². The number of benzene rings is 1. The van der Waals surface area contributed by atoms with Gasteiger partial charge in [-0.05, 0) is 18.6 Å². The number of carboxylic acid groups (broad SMARTS) is 1. The molecule has 1 aromatic rings. The van der Waals surface area contributed by atoms with E-state index in [1.54, 1.807) is 6.07 Å². The maximum atomic E-state index is 10.6.